The van der Waals surface area contributed by atoms with Gasteiger partial charge in [0.2, 0.25) is 0 Å². The fourth-order valence-electron chi connectivity index (χ4n) is 4.87. The zero-order chi connectivity index (χ0) is 27.4. The Bertz CT molecular complexity index is 1110. The monoisotopic (exact) mass is 509 g/mol. The number of nitrogens with one attached hydrogen (secondary N) is 1. The molecule has 3 N–H and O–H groups in total. The quantitative estimate of drug-likeness (QED) is 0.405. The van der Waals surface area contributed by atoms with E-state index in [-0.39, 0.29) is 29.5 Å². The van der Waals surface area contributed by atoms with Crippen molar-refractivity contribution in [3.63, 3.8) is 0 Å². The summed E-state index contributed by atoms with van der Waals surface area (Å²) < 4.78 is 19.2. The van der Waals surface area contributed by atoms with Crippen molar-refractivity contribution < 1.29 is 13.9 Å². The minimum absolute atomic E-state index is 0.117. The minimum atomic E-state index is -0.386. The van der Waals surface area contributed by atoms with Gasteiger partial charge in [-0.1, -0.05) is 39.3 Å². The molecule has 37 heavy (non-hydrogen) atoms. The second-order valence-electron chi connectivity index (χ2n) is 8.77. The van der Waals surface area contributed by atoms with Crippen molar-refractivity contribution in [1.29, 1.82) is 0 Å². The average molecular weight is 510 g/mol. The number of benzene rings is 1. The van der Waals surface area contributed by atoms with Gasteiger partial charge >= 0.3 is 0 Å². The van der Waals surface area contributed by atoms with E-state index in [2.05, 4.69) is 33.3 Å². The Hall–Kier alpha value is -3.23. The van der Waals surface area contributed by atoms with E-state index in [9.17, 15) is 9.18 Å². The molecule has 3 aromatic rings. The number of rotatable bonds is 6. The van der Waals surface area contributed by atoms with E-state index in [1.54, 1.807) is 26.2 Å². The van der Waals surface area contributed by atoms with Crippen LogP contribution >= 0.6 is 0 Å². The van der Waals surface area contributed by atoms with E-state index < -0.39 is 0 Å². The summed E-state index contributed by atoms with van der Waals surface area (Å²) in [4.78, 5) is 22.7. The average Bonchev–Trinajstić information content (AvgIpc) is 2.94. The van der Waals surface area contributed by atoms with Crippen molar-refractivity contribution in [3.05, 3.63) is 71.6 Å². The number of halogens is 1. The third kappa shape index (κ3) is 7.63. The molecule has 7 nitrogen and oxygen atoms in total. The van der Waals surface area contributed by atoms with Crippen molar-refractivity contribution in [2.45, 2.75) is 65.0 Å². The van der Waals surface area contributed by atoms with Crippen molar-refractivity contribution in [1.82, 2.24) is 15.0 Å². The number of carbonyl (C=O) groups is 1. The molecule has 4 unspecified atom stereocenters. The number of aromatic nitrogens is 3. The fraction of sp³-hybridized carbons (Fsp3) is 0.448. The molecule has 1 aromatic carbocycles. The van der Waals surface area contributed by atoms with Gasteiger partial charge in [0.05, 0.1) is 23.6 Å². The molecule has 200 valence electrons. The number of aryl methyl sites for hydroxylation is 1. The number of carbonyl (C=O) groups excluding carboxylic acids is 1. The zero-order valence-corrected chi connectivity index (χ0v) is 22.7. The number of hydrogen-bond donors (Lipinski definition) is 2. The van der Waals surface area contributed by atoms with Gasteiger partial charge in [-0.3, -0.25) is 9.78 Å². The minimum Gasteiger partial charge on any atom is -0.387 e. The van der Waals surface area contributed by atoms with Gasteiger partial charge in [0.15, 0.2) is 12.1 Å². The number of methoxy groups -OCH3 is 1. The molecule has 1 saturated carbocycles. The Kier molecular flexibility index (Phi) is 12.3. The van der Waals surface area contributed by atoms with Crippen molar-refractivity contribution >= 4 is 12.0 Å². The van der Waals surface area contributed by atoms with Crippen LogP contribution in [0.4, 0.5) is 10.1 Å². The van der Waals surface area contributed by atoms with Crippen molar-refractivity contribution in [3.8, 4) is 11.4 Å². The summed E-state index contributed by atoms with van der Waals surface area (Å²) in [6.07, 6.45) is 9.24. The highest BCUT2D eigenvalue weighted by Gasteiger charge is 2.36. The SMILES string of the molecule is CC.CCC1CC(c2ccncc2NC)CC(N)C1OC.Cc1cccc(F)c1-c1nccc(C=O)n1. The van der Waals surface area contributed by atoms with E-state index in [1.165, 1.54) is 23.9 Å². The van der Waals surface area contributed by atoms with Crippen LogP contribution in [0.2, 0.25) is 0 Å². The van der Waals surface area contributed by atoms with Gasteiger partial charge in [0.1, 0.15) is 11.5 Å². The van der Waals surface area contributed by atoms with Crippen LogP contribution in [0, 0.1) is 18.7 Å². The molecule has 8 heteroatoms. The van der Waals surface area contributed by atoms with Crippen LogP contribution in [0.5, 0.6) is 0 Å². The molecule has 1 aliphatic carbocycles. The zero-order valence-electron chi connectivity index (χ0n) is 22.7. The molecule has 4 atom stereocenters. The standard InChI is InChI=1S/C15H25N3O.C12H9FN2O.C2H6/c1-4-10-7-11(8-13(16)15(10)19-3)12-5-6-18-9-14(12)17-2;1-8-3-2-4-10(13)11(8)12-14-6-5-9(7-16)15-12;1-2/h5-6,9-11,13,15,17H,4,7-8,16H2,1-3H3;2-7H,1H3;1-2H3. The largest absolute Gasteiger partial charge is 0.387 e. The number of pyridine rings is 1. The van der Waals surface area contributed by atoms with Gasteiger partial charge in [-0.15, -0.1) is 0 Å². The topological polar surface area (TPSA) is 103 Å². The molecule has 4 rings (SSSR count). The highest BCUT2D eigenvalue weighted by atomic mass is 19.1. The van der Waals surface area contributed by atoms with Gasteiger partial charge in [-0.25, -0.2) is 14.4 Å². The summed E-state index contributed by atoms with van der Waals surface area (Å²) in [5, 5.41) is 3.23. The number of aldehydes is 1. The molecule has 1 aliphatic rings. The van der Waals surface area contributed by atoms with Gasteiger partial charge in [0, 0.05) is 32.6 Å². The number of ether oxygens (including phenoxy) is 1. The summed E-state index contributed by atoms with van der Waals surface area (Å²) in [6.45, 7) is 7.99. The fourth-order valence-corrected chi connectivity index (χ4v) is 4.87. The first kappa shape index (κ1) is 30.0. The van der Waals surface area contributed by atoms with Crippen molar-refractivity contribution in [2.75, 3.05) is 19.5 Å². The molecule has 0 saturated heterocycles. The van der Waals surface area contributed by atoms with Gasteiger partial charge in [0.25, 0.3) is 0 Å². The van der Waals surface area contributed by atoms with E-state index in [0.29, 0.717) is 23.7 Å². The molecule has 0 aliphatic heterocycles. The predicted molar refractivity (Wildman–Crippen MR) is 147 cm³/mol. The second-order valence-corrected chi connectivity index (χ2v) is 8.77. The van der Waals surface area contributed by atoms with Gasteiger partial charge < -0.3 is 15.8 Å². The molecular weight excluding hydrogens is 469 g/mol. The van der Waals surface area contributed by atoms with Gasteiger partial charge in [-0.2, -0.15) is 0 Å². The molecule has 0 bridgehead atoms. The summed E-state index contributed by atoms with van der Waals surface area (Å²) in [6, 6.07) is 8.45. The number of nitrogens with zero attached hydrogens (tertiary/aromatic N) is 3. The molecular formula is C29H40FN5O2. The smallest absolute Gasteiger partial charge is 0.168 e. The maximum atomic E-state index is 13.6. The first-order chi connectivity index (χ1) is 17.9. The third-order valence-electron chi connectivity index (χ3n) is 6.63. The first-order valence-electron chi connectivity index (χ1n) is 12.9. The maximum Gasteiger partial charge on any atom is 0.168 e. The van der Waals surface area contributed by atoms with E-state index in [4.69, 9.17) is 10.5 Å². The summed E-state index contributed by atoms with van der Waals surface area (Å²) >= 11 is 0. The molecule has 0 radical (unpaired) electrons. The van der Waals surface area contributed by atoms with Crippen LogP contribution < -0.4 is 11.1 Å². The van der Waals surface area contributed by atoms with Gasteiger partial charge in [-0.05, 0) is 60.9 Å². The summed E-state index contributed by atoms with van der Waals surface area (Å²) in [5.41, 5.74) is 10.1. The number of anilines is 1. The summed E-state index contributed by atoms with van der Waals surface area (Å²) in [5.74, 6) is 0.886. The van der Waals surface area contributed by atoms with Crippen LogP contribution in [0.3, 0.4) is 0 Å². The van der Waals surface area contributed by atoms with E-state index in [1.807, 2.05) is 33.3 Å². The predicted octanol–water partition coefficient (Wildman–Crippen LogP) is 5.80. The number of nitrogens with two attached hydrogens (primary N) is 1. The highest BCUT2D eigenvalue weighted by Crippen LogP contribution is 2.40. The third-order valence-corrected chi connectivity index (χ3v) is 6.63. The Labute approximate surface area is 220 Å². The molecule has 0 spiro atoms. The molecule has 0 amide bonds. The van der Waals surface area contributed by atoms with E-state index >= 15 is 0 Å². The van der Waals surface area contributed by atoms with Crippen LogP contribution in [0.25, 0.3) is 11.4 Å². The van der Waals surface area contributed by atoms with Crippen LogP contribution in [0.15, 0.2) is 48.9 Å². The Morgan fingerprint density at radius 3 is 2.57 bits per heavy atom. The lowest BCUT2D eigenvalue weighted by Gasteiger charge is -2.39. The summed E-state index contributed by atoms with van der Waals surface area (Å²) in [7, 11) is 3.72. The maximum absolute atomic E-state index is 13.6. The first-order valence-corrected chi connectivity index (χ1v) is 12.9. The molecule has 1 fully saturated rings. The second kappa shape index (κ2) is 15.1. The van der Waals surface area contributed by atoms with Crippen LogP contribution in [-0.2, 0) is 4.74 Å². The van der Waals surface area contributed by atoms with E-state index in [0.717, 1.165) is 30.5 Å². The van der Waals surface area contributed by atoms with Crippen molar-refractivity contribution in [2.24, 2.45) is 11.7 Å². The number of hydrogen-bond acceptors (Lipinski definition) is 7. The Balaban J connectivity index is 0.000000247. The lowest BCUT2D eigenvalue weighted by atomic mass is 9.73. The van der Waals surface area contributed by atoms with Crippen LogP contribution in [0.1, 0.15) is 67.6 Å². The lowest BCUT2D eigenvalue weighted by molar-refractivity contribution is 0.00154. The normalized spacial score (nSPS) is 20.5. The molecule has 2 heterocycles. The highest BCUT2D eigenvalue weighted by molar-refractivity contribution is 5.73. The Morgan fingerprint density at radius 1 is 1.19 bits per heavy atom. The molecule has 2 aromatic heterocycles. The lowest BCUT2D eigenvalue weighted by Crippen LogP contribution is -2.46. The Morgan fingerprint density at radius 2 is 1.95 bits per heavy atom. The van der Waals surface area contributed by atoms with Crippen LogP contribution in [-0.4, -0.2) is 47.5 Å².